The smallest absolute Gasteiger partial charge is 0.228 e. The van der Waals surface area contributed by atoms with Gasteiger partial charge in [0.05, 0.1) is 0 Å². The van der Waals surface area contributed by atoms with Crippen LogP contribution in [0.2, 0.25) is 0 Å². The minimum absolute atomic E-state index is 0.287. The Hall–Kier alpha value is -1.63. The summed E-state index contributed by atoms with van der Waals surface area (Å²) in [5, 5.41) is 10.4. The second-order valence-corrected chi connectivity index (χ2v) is 4.93. The summed E-state index contributed by atoms with van der Waals surface area (Å²) in [6.45, 7) is 9.14. The van der Waals surface area contributed by atoms with Crippen LogP contribution in [-0.2, 0) is 11.2 Å². The Bertz CT molecular complexity index is 417. The molecule has 0 saturated heterocycles. The highest BCUT2D eigenvalue weighted by molar-refractivity contribution is 5.79. The number of aliphatic imine (C=N–C) groups is 1. The fourth-order valence-corrected chi connectivity index (χ4v) is 1.64. The van der Waals surface area contributed by atoms with Crippen LogP contribution >= 0.6 is 0 Å². The molecule has 0 amide bonds. The molecule has 1 aromatic heterocycles. The summed E-state index contributed by atoms with van der Waals surface area (Å²) in [6.07, 6.45) is 1.63. The molecule has 2 N–H and O–H groups in total. The fourth-order valence-electron chi connectivity index (χ4n) is 1.64. The van der Waals surface area contributed by atoms with Crippen molar-refractivity contribution in [3.05, 3.63) is 11.7 Å². The number of nitrogens with zero attached hydrogens (tertiary/aromatic N) is 3. The first-order valence-electron chi connectivity index (χ1n) is 7.52. The molecule has 1 heterocycles. The Kier molecular flexibility index (Phi) is 8.42. The fraction of sp³-hybridized carbons (Fsp3) is 0.786. The lowest BCUT2D eigenvalue weighted by atomic mass is 10.2. The molecule has 7 heteroatoms. The normalized spacial score (nSPS) is 12.0. The minimum Gasteiger partial charge on any atom is -0.382 e. The van der Waals surface area contributed by atoms with Crippen molar-refractivity contribution in [3.63, 3.8) is 0 Å². The molecule has 1 rings (SSSR count). The van der Waals surface area contributed by atoms with Gasteiger partial charge in [0.2, 0.25) is 5.89 Å². The van der Waals surface area contributed by atoms with E-state index >= 15 is 0 Å². The van der Waals surface area contributed by atoms with Crippen molar-refractivity contribution in [2.75, 3.05) is 33.4 Å². The molecule has 0 spiro atoms. The maximum atomic E-state index is 5.28. The predicted molar refractivity (Wildman–Crippen MR) is 82.6 cm³/mol. The highest BCUT2D eigenvalue weighted by atomic mass is 16.5. The van der Waals surface area contributed by atoms with Crippen molar-refractivity contribution in [1.82, 2.24) is 20.8 Å². The number of hydrogen-bond acceptors (Lipinski definition) is 5. The van der Waals surface area contributed by atoms with E-state index < -0.39 is 0 Å². The molecular weight excluding hydrogens is 270 g/mol. The highest BCUT2D eigenvalue weighted by Gasteiger charge is 2.09. The largest absolute Gasteiger partial charge is 0.382 e. The number of aromatic nitrogens is 2. The van der Waals surface area contributed by atoms with Gasteiger partial charge in [-0.25, -0.2) is 0 Å². The molecule has 0 aliphatic carbocycles. The predicted octanol–water partition coefficient (Wildman–Crippen LogP) is 1.33. The maximum absolute atomic E-state index is 5.28. The van der Waals surface area contributed by atoms with Gasteiger partial charge in [-0.1, -0.05) is 19.0 Å². The maximum Gasteiger partial charge on any atom is 0.228 e. The lowest BCUT2D eigenvalue weighted by Crippen LogP contribution is -2.39. The van der Waals surface area contributed by atoms with E-state index in [2.05, 4.69) is 25.8 Å². The zero-order valence-corrected chi connectivity index (χ0v) is 13.5. The van der Waals surface area contributed by atoms with Crippen molar-refractivity contribution in [3.8, 4) is 0 Å². The van der Waals surface area contributed by atoms with Gasteiger partial charge in [-0.15, -0.1) is 0 Å². The van der Waals surface area contributed by atoms with Gasteiger partial charge in [0, 0.05) is 45.7 Å². The highest BCUT2D eigenvalue weighted by Crippen LogP contribution is 2.09. The van der Waals surface area contributed by atoms with Crippen LogP contribution in [0.5, 0.6) is 0 Å². The summed E-state index contributed by atoms with van der Waals surface area (Å²) < 4.78 is 10.5. The van der Waals surface area contributed by atoms with Gasteiger partial charge in [0.1, 0.15) is 0 Å². The van der Waals surface area contributed by atoms with E-state index in [0.29, 0.717) is 18.9 Å². The second-order valence-electron chi connectivity index (χ2n) is 4.93. The average molecular weight is 297 g/mol. The summed E-state index contributed by atoms with van der Waals surface area (Å²) >= 11 is 0. The number of guanidine groups is 1. The SMILES string of the molecule is CCOCCCNC(=NC)NCCc1nc(C(C)C)no1. The Morgan fingerprint density at radius 3 is 2.71 bits per heavy atom. The number of ether oxygens (including phenoxy) is 1. The van der Waals surface area contributed by atoms with Gasteiger partial charge >= 0.3 is 0 Å². The summed E-state index contributed by atoms with van der Waals surface area (Å²) in [4.78, 5) is 8.49. The lowest BCUT2D eigenvalue weighted by molar-refractivity contribution is 0.145. The van der Waals surface area contributed by atoms with Gasteiger partial charge in [0.25, 0.3) is 0 Å². The molecule has 21 heavy (non-hydrogen) atoms. The monoisotopic (exact) mass is 297 g/mol. The van der Waals surface area contributed by atoms with E-state index in [4.69, 9.17) is 9.26 Å². The van der Waals surface area contributed by atoms with E-state index in [1.54, 1.807) is 7.05 Å². The molecule has 0 aromatic carbocycles. The third kappa shape index (κ3) is 7.08. The van der Waals surface area contributed by atoms with Crippen molar-refractivity contribution in [2.45, 2.75) is 39.5 Å². The van der Waals surface area contributed by atoms with E-state index in [1.165, 1.54) is 0 Å². The molecule has 0 atom stereocenters. The van der Waals surface area contributed by atoms with Crippen LogP contribution in [0.1, 0.15) is 44.8 Å². The Morgan fingerprint density at radius 1 is 1.33 bits per heavy atom. The third-order valence-electron chi connectivity index (χ3n) is 2.82. The first kappa shape index (κ1) is 17.4. The van der Waals surface area contributed by atoms with E-state index in [0.717, 1.165) is 38.0 Å². The van der Waals surface area contributed by atoms with Gasteiger partial charge in [0.15, 0.2) is 11.8 Å². The van der Waals surface area contributed by atoms with Crippen LogP contribution in [0.15, 0.2) is 9.52 Å². The lowest BCUT2D eigenvalue weighted by Gasteiger charge is -2.10. The molecule has 0 radical (unpaired) electrons. The van der Waals surface area contributed by atoms with Crippen molar-refractivity contribution in [1.29, 1.82) is 0 Å². The summed E-state index contributed by atoms with van der Waals surface area (Å²) in [6, 6.07) is 0. The molecule has 0 aliphatic heterocycles. The zero-order chi connectivity index (χ0) is 15.5. The van der Waals surface area contributed by atoms with Gasteiger partial charge in [-0.2, -0.15) is 4.98 Å². The van der Waals surface area contributed by atoms with E-state index in [9.17, 15) is 0 Å². The van der Waals surface area contributed by atoms with Crippen LogP contribution in [0.3, 0.4) is 0 Å². The molecule has 1 aromatic rings. The average Bonchev–Trinajstić information content (AvgIpc) is 2.94. The molecule has 120 valence electrons. The van der Waals surface area contributed by atoms with Gasteiger partial charge in [-0.05, 0) is 13.3 Å². The molecule has 0 bridgehead atoms. The molecule has 0 unspecified atom stereocenters. The molecule has 7 nitrogen and oxygen atoms in total. The summed E-state index contributed by atoms with van der Waals surface area (Å²) in [7, 11) is 1.75. The van der Waals surface area contributed by atoms with E-state index in [1.807, 2.05) is 20.8 Å². The Labute approximate surface area is 126 Å². The van der Waals surface area contributed by atoms with Crippen molar-refractivity contribution >= 4 is 5.96 Å². The van der Waals surface area contributed by atoms with Crippen molar-refractivity contribution in [2.24, 2.45) is 4.99 Å². The van der Waals surface area contributed by atoms with Gasteiger partial charge in [-0.3, -0.25) is 4.99 Å². The van der Waals surface area contributed by atoms with Crippen molar-refractivity contribution < 1.29 is 9.26 Å². The first-order chi connectivity index (χ1) is 10.2. The summed E-state index contributed by atoms with van der Waals surface area (Å²) in [5.41, 5.74) is 0. The number of hydrogen-bond donors (Lipinski definition) is 2. The zero-order valence-electron chi connectivity index (χ0n) is 13.5. The van der Waals surface area contributed by atoms with Gasteiger partial charge < -0.3 is 19.9 Å². The number of nitrogens with one attached hydrogen (secondary N) is 2. The topological polar surface area (TPSA) is 84.6 Å². The third-order valence-corrected chi connectivity index (χ3v) is 2.82. The molecular formula is C14H27N5O2. The quantitative estimate of drug-likeness (QED) is 0.406. The Balaban J connectivity index is 2.19. The van der Waals surface area contributed by atoms with Crippen LogP contribution in [0.4, 0.5) is 0 Å². The van der Waals surface area contributed by atoms with E-state index in [-0.39, 0.29) is 5.92 Å². The second kappa shape index (κ2) is 10.1. The first-order valence-corrected chi connectivity index (χ1v) is 7.52. The summed E-state index contributed by atoms with van der Waals surface area (Å²) in [5.74, 6) is 2.46. The molecule has 0 aliphatic rings. The van der Waals surface area contributed by atoms with Crippen LogP contribution in [0.25, 0.3) is 0 Å². The van der Waals surface area contributed by atoms with Crippen LogP contribution in [0, 0.1) is 0 Å². The Morgan fingerprint density at radius 2 is 2.10 bits per heavy atom. The minimum atomic E-state index is 0.287. The molecule has 0 saturated carbocycles. The van der Waals surface area contributed by atoms with Crippen LogP contribution < -0.4 is 10.6 Å². The number of rotatable bonds is 9. The standard InChI is InChI=1S/C14H27N5O2/c1-5-20-10-6-8-16-14(15-4)17-9-7-12-18-13(11(2)3)19-21-12/h11H,5-10H2,1-4H3,(H2,15,16,17). The molecule has 0 fully saturated rings. The van der Waals surface area contributed by atoms with Crippen LogP contribution in [-0.4, -0.2) is 49.5 Å².